The van der Waals surface area contributed by atoms with E-state index in [0.717, 1.165) is 17.8 Å². The lowest BCUT2D eigenvalue weighted by molar-refractivity contribution is 0.0355. The molecule has 0 saturated carbocycles. The van der Waals surface area contributed by atoms with Gasteiger partial charge < -0.3 is 10.0 Å². The number of carbonyl (C=O) groups is 1. The van der Waals surface area contributed by atoms with Gasteiger partial charge in [-0.05, 0) is 31.6 Å². The van der Waals surface area contributed by atoms with Crippen LogP contribution < -0.4 is 5.32 Å². The lowest BCUT2D eigenvalue weighted by Gasteiger charge is -2.35. The highest BCUT2D eigenvalue weighted by atomic mass is 32.1. The fourth-order valence-corrected chi connectivity index (χ4v) is 3.09. The zero-order valence-corrected chi connectivity index (χ0v) is 13.0. The first-order valence-electron chi connectivity index (χ1n) is 7.01. The first-order valence-corrected chi connectivity index (χ1v) is 7.83. The van der Waals surface area contributed by atoms with Crippen LogP contribution in [0.3, 0.4) is 0 Å². The Balaban J connectivity index is 1.83. The number of aliphatic hydroxyl groups is 1. The van der Waals surface area contributed by atoms with Crippen molar-refractivity contribution in [2.75, 3.05) is 18.4 Å². The second-order valence-electron chi connectivity index (χ2n) is 5.62. The van der Waals surface area contributed by atoms with Crippen molar-refractivity contribution in [1.82, 2.24) is 15.1 Å². The van der Waals surface area contributed by atoms with Gasteiger partial charge in [-0.3, -0.25) is 5.32 Å². The summed E-state index contributed by atoms with van der Waals surface area (Å²) in [5.74, 6) is 0.563. The van der Waals surface area contributed by atoms with Crippen LogP contribution in [0.4, 0.5) is 9.93 Å². The van der Waals surface area contributed by atoms with Gasteiger partial charge in [0, 0.05) is 13.1 Å². The van der Waals surface area contributed by atoms with E-state index in [-0.39, 0.29) is 18.1 Å². The van der Waals surface area contributed by atoms with Gasteiger partial charge in [-0.1, -0.05) is 25.2 Å². The number of nitrogens with zero attached hydrogens (tertiary/aromatic N) is 3. The average Bonchev–Trinajstić information content (AvgIpc) is 2.83. The number of amides is 2. The van der Waals surface area contributed by atoms with Crippen molar-refractivity contribution in [3.05, 3.63) is 5.01 Å². The standard InChI is InChI=1S/C13H22N4O2S/c1-8(2)11(18)10-4-6-17(7-5-10)13(19)14-12-16-15-9(3)20-12/h8,10-11,18H,4-7H2,1-3H3,(H,14,16,19). The number of rotatable bonds is 3. The van der Waals surface area contributed by atoms with Crippen molar-refractivity contribution < 1.29 is 9.90 Å². The molecule has 7 heteroatoms. The van der Waals surface area contributed by atoms with Crippen LogP contribution in [0.2, 0.25) is 0 Å². The molecular formula is C13H22N4O2S. The third-order valence-electron chi connectivity index (χ3n) is 3.73. The maximum absolute atomic E-state index is 12.1. The molecule has 6 nitrogen and oxygen atoms in total. The van der Waals surface area contributed by atoms with E-state index in [1.807, 2.05) is 20.8 Å². The summed E-state index contributed by atoms with van der Waals surface area (Å²) in [5, 5.41) is 22.0. The van der Waals surface area contributed by atoms with Gasteiger partial charge in [0.05, 0.1) is 6.10 Å². The molecule has 112 valence electrons. The van der Waals surface area contributed by atoms with Crippen LogP contribution in [0, 0.1) is 18.8 Å². The lowest BCUT2D eigenvalue weighted by Crippen LogP contribution is -2.44. The maximum atomic E-state index is 12.1. The summed E-state index contributed by atoms with van der Waals surface area (Å²) in [6.07, 6.45) is 1.43. The van der Waals surface area contributed by atoms with Crippen molar-refractivity contribution in [2.45, 2.75) is 39.7 Å². The second-order valence-corrected chi connectivity index (χ2v) is 6.80. The molecule has 1 saturated heterocycles. The summed E-state index contributed by atoms with van der Waals surface area (Å²) < 4.78 is 0. The molecule has 2 amide bonds. The predicted octanol–water partition coefficient (Wildman–Crippen LogP) is 2.11. The van der Waals surface area contributed by atoms with Gasteiger partial charge in [0.15, 0.2) is 0 Å². The fourth-order valence-electron chi connectivity index (χ4n) is 2.51. The number of piperidine rings is 1. The Hall–Kier alpha value is -1.21. The Morgan fingerprint density at radius 3 is 2.55 bits per heavy atom. The maximum Gasteiger partial charge on any atom is 0.323 e. The highest BCUT2D eigenvalue weighted by Crippen LogP contribution is 2.25. The molecule has 1 aliphatic heterocycles. The Morgan fingerprint density at radius 1 is 1.40 bits per heavy atom. The molecule has 0 bridgehead atoms. The Labute approximate surface area is 123 Å². The zero-order valence-electron chi connectivity index (χ0n) is 12.2. The first kappa shape index (κ1) is 15.2. The molecule has 2 heterocycles. The van der Waals surface area contributed by atoms with Crippen molar-refractivity contribution in [2.24, 2.45) is 11.8 Å². The number of urea groups is 1. The summed E-state index contributed by atoms with van der Waals surface area (Å²) >= 11 is 1.37. The largest absolute Gasteiger partial charge is 0.393 e. The monoisotopic (exact) mass is 298 g/mol. The molecule has 1 aromatic heterocycles. The highest BCUT2D eigenvalue weighted by molar-refractivity contribution is 7.15. The van der Waals surface area contributed by atoms with Crippen LogP contribution in [0.5, 0.6) is 0 Å². The molecule has 1 unspecified atom stereocenters. The third-order valence-corrected chi connectivity index (χ3v) is 4.49. The third kappa shape index (κ3) is 3.67. The smallest absolute Gasteiger partial charge is 0.323 e. The summed E-state index contributed by atoms with van der Waals surface area (Å²) in [6, 6.07) is -0.126. The lowest BCUT2D eigenvalue weighted by atomic mass is 9.86. The number of aromatic nitrogens is 2. The van der Waals surface area contributed by atoms with E-state index >= 15 is 0 Å². The number of nitrogens with one attached hydrogen (secondary N) is 1. The molecule has 1 atom stereocenters. The number of carbonyl (C=O) groups excluding carboxylic acids is 1. The van der Waals surface area contributed by atoms with E-state index in [1.54, 1.807) is 4.90 Å². The van der Waals surface area contributed by atoms with Crippen molar-refractivity contribution in [3.63, 3.8) is 0 Å². The van der Waals surface area contributed by atoms with Gasteiger partial charge in [-0.2, -0.15) is 0 Å². The molecule has 20 heavy (non-hydrogen) atoms. The highest BCUT2D eigenvalue weighted by Gasteiger charge is 2.29. The van der Waals surface area contributed by atoms with Crippen LogP contribution in [0.15, 0.2) is 0 Å². The van der Waals surface area contributed by atoms with Gasteiger partial charge in [0.2, 0.25) is 5.13 Å². The molecule has 1 aliphatic rings. The summed E-state index contributed by atoms with van der Waals surface area (Å²) in [5.41, 5.74) is 0. The fraction of sp³-hybridized carbons (Fsp3) is 0.769. The Kier molecular flexibility index (Phi) is 4.93. The number of hydrogen-bond donors (Lipinski definition) is 2. The van der Waals surface area contributed by atoms with Crippen LogP contribution in [-0.2, 0) is 0 Å². The molecule has 2 rings (SSSR count). The minimum Gasteiger partial charge on any atom is -0.393 e. The molecule has 0 aliphatic carbocycles. The topological polar surface area (TPSA) is 78.4 Å². The van der Waals surface area contributed by atoms with Gasteiger partial charge in [0.25, 0.3) is 0 Å². The molecule has 1 aromatic rings. The quantitative estimate of drug-likeness (QED) is 0.896. The van der Waals surface area contributed by atoms with Crippen molar-refractivity contribution in [3.8, 4) is 0 Å². The number of anilines is 1. The van der Waals surface area contributed by atoms with Crippen LogP contribution >= 0.6 is 11.3 Å². The van der Waals surface area contributed by atoms with E-state index in [0.29, 0.717) is 24.1 Å². The molecule has 0 aromatic carbocycles. The molecule has 0 spiro atoms. The molecule has 0 radical (unpaired) electrons. The predicted molar refractivity (Wildman–Crippen MR) is 78.8 cm³/mol. The van der Waals surface area contributed by atoms with Gasteiger partial charge >= 0.3 is 6.03 Å². The van der Waals surface area contributed by atoms with E-state index < -0.39 is 0 Å². The minimum atomic E-state index is -0.272. The van der Waals surface area contributed by atoms with Crippen LogP contribution in [0.1, 0.15) is 31.7 Å². The van der Waals surface area contributed by atoms with Gasteiger partial charge in [-0.15, -0.1) is 10.2 Å². The van der Waals surface area contributed by atoms with Crippen molar-refractivity contribution in [1.29, 1.82) is 0 Å². The van der Waals surface area contributed by atoms with Gasteiger partial charge in [-0.25, -0.2) is 4.79 Å². The average molecular weight is 298 g/mol. The summed E-state index contributed by atoms with van der Waals surface area (Å²) in [7, 11) is 0. The number of hydrogen-bond acceptors (Lipinski definition) is 5. The van der Waals surface area contributed by atoms with Crippen LogP contribution in [0.25, 0.3) is 0 Å². The molecular weight excluding hydrogens is 276 g/mol. The number of likely N-dealkylation sites (tertiary alicyclic amines) is 1. The normalized spacial score (nSPS) is 18.4. The van der Waals surface area contributed by atoms with E-state index in [9.17, 15) is 9.90 Å². The van der Waals surface area contributed by atoms with E-state index in [1.165, 1.54) is 11.3 Å². The first-order chi connectivity index (χ1) is 9.47. The zero-order chi connectivity index (χ0) is 14.7. The molecule has 2 N–H and O–H groups in total. The second kappa shape index (κ2) is 6.49. The minimum absolute atomic E-state index is 0.126. The van der Waals surface area contributed by atoms with Crippen molar-refractivity contribution >= 4 is 22.5 Å². The van der Waals surface area contributed by atoms with E-state index in [2.05, 4.69) is 15.5 Å². The van der Waals surface area contributed by atoms with Crippen LogP contribution in [-0.4, -0.2) is 45.4 Å². The summed E-state index contributed by atoms with van der Waals surface area (Å²) in [6.45, 7) is 7.27. The Bertz CT molecular complexity index is 455. The number of aliphatic hydroxyl groups excluding tert-OH is 1. The van der Waals surface area contributed by atoms with Gasteiger partial charge in [0.1, 0.15) is 5.01 Å². The molecule has 1 fully saturated rings. The number of aryl methyl sites for hydroxylation is 1. The Morgan fingerprint density at radius 2 is 2.05 bits per heavy atom. The summed E-state index contributed by atoms with van der Waals surface area (Å²) in [4.78, 5) is 13.9. The SMILES string of the molecule is Cc1nnc(NC(=O)N2CCC(C(O)C(C)C)CC2)s1. The van der Waals surface area contributed by atoms with E-state index in [4.69, 9.17) is 0 Å².